The van der Waals surface area contributed by atoms with Crippen molar-refractivity contribution in [2.24, 2.45) is 11.3 Å². The van der Waals surface area contributed by atoms with Crippen molar-refractivity contribution < 1.29 is 9.90 Å². The first-order valence-corrected chi connectivity index (χ1v) is 4.20. The first-order valence-electron chi connectivity index (χ1n) is 4.20. The van der Waals surface area contributed by atoms with Crippen LogP contribution >= 0.6 is 0 Å². The molecule has 0 saturated carbocycles. The maximum absolute atomic E-state index is 10.5. The molecule has 0 heterocycles. The van der Waals surface area contributed by atoms with Gasteiger partial charge < -0.3 is 5.11 Å². The van der Waals surface area contributed by atoms with Crippen molar-refractivity contribution in [3.63, 3.8) is 0 Å². The number of rotatable bonds is 2. The third-order valence-electron chi connectivity index (χ3n) is 1.77. The van der Waals surface area contributed by atoms with E-state index in [1.807, 2.05) is 34.6 Å². The van der Waals surface area contributed by atoms with E-state index in [1.54, 1.807) is 0 Å². The van der Waals surface area contributed by atoms with E-state index in [2.05, 4.69) is 0 Å². The predicted octanol–water partition coefficient (Wildman–Crippen LogP) is 2.70. The number of carboxylic acids is 1. The van der Waals surface area contributed by atoms with Crippen LogP contribution in [0.3, 0.4) is 0 Å². The molecule has 0 aromatic heterocycles. The van der Waals surface area contributed by atoms with Gasteiger partial charge in [-0.25, -0.2) is 4.79 Å². The molecule has 0 aliphatic rings. The van der Waals surface area contributed by atoms with Crippen molar-refractivity contribution in [1.82, 2.24) is 0 Å². The van der Waals surface area contributed by atoms with Gasteiger partial charge in [0.25, 0.3) is 0 Å². The van der Waals surface area contributed by atoms with E-state index in [4.69, 9.17) is 5.11 Å². The Hall–Kier alpha value is -0.790. The maximum atomic E-state index is 10.5. The highest BCUT2D eigenvalue weighted by atomic mass is 16.4. The minimum Gasteiger partial charge on any atom is -0.478 e. The summed E-state index contributed by atoms with van der Waals surface area (Å²) < 4.78 is 0. The summed E-state index contributed by atoms with van der Waals surface area (Å²) in [6.07, 6.45) is 1.32. The second-order valence-corrected chi connectivity index (χ2v) is 4.34. The SMILES string of the molecule is CC(C)/C(=C\C(=O)O)C(C)(C)C. The molecular formula is C10H18O2. The molecule has 0 atom stereocenters. The van der Waals surface area contributed by atoms with Gasteiger partial charge in [0, 0.05) is 6.08 Å². The van der Waals surface area contributed by atoms with E-state index in [0.717, 1.165) is 5.57 Å². The van der Waals surface area contributed by atoms with Gasteiger partial charge in [0.15, 0.2) is 0 Å². The number of carbonyl (C=O) groups is 1. The fourth-order valence-electron chi connectivity index (χ4n) is 1.38. The third kappa shape index (κ3) is 3.56. The van der Waals surface area contributed by atoms with E-state index >= 15 is 0 Å². The lowest BCUT2D eigenvalue weighted by Gasteiger charge is -2.25. The Kier molecular flexibility index (Phi) is 3.50. The largest absolute Gasteiger partial charge is 0.478 e. The molecule has 0 amide bonds. The summed E-state index contributed by atoms with van der Waals surface area (Å²) in [6, 6.07) is 0. The Morgan fingerprint density at radius 3 is 1.83 bits per heavy atom. The van der Waals surface area contributed by atoms with Crippen LogP contribution in [-0.2, 0) is 4.79 Å². The third-order valence-corrected chi connectivity index (χ3v) is 1.77. The van der Waals surface area contributed by atoms with Gasteiger partial charge in [-0.2, -0.15) is 0 Å². The van der Waals surface area contributed by atoms with Gasteiger partial charge in [-0.15, -0.1) is 0 Å². The van der Waals surface area contributed by atoms with E-state index in [1.165, 1.54) is 6.08 Å². The van der Waals surface area contributed by atoms with Crippen LogP contribution in [0, 0.1) is 11.3 Å². The molecular weight excluding hydrogens is 152 g/mol. The molecule has 0 saturated heterocycles. The summed E-state index contributed by atoms with van der Waals surface area (Å²) in [5.41, 5.74) is 0.932. The molecule has 0 aliphatic heterocycles. The van der Waals surface area contributed by atoms with Crippen molar-refractivity contribution in [2.45, 2.75) is 34.6 Å². The molecule has 0 rings (SSSR count). The Morgan fingerprint density at radius 1 is 1.33 bits per heavy atom. The molecule has 70 valence electrons. The Bertz CT molecular complexity index is 194. The van der Waals surface area contributed by atoms with Crippen LogP contribution in [-0.4, -0.2) is 11.1 Å². The standard InChI is InChI=1S/C10H18O2/c1-7(2)8(6-9(11)12)10(3,4)5/h6-7H,1-5H3,(H,11,12)/b8-6+. The maximum Gasteiger partial charge on any atom is 0.328 e. The molecule has 0 aliphatic carbocycles. The van der Waals surface area contributed by atoms with Crippen LogP contribution in [0.2, 0.25) is 0 Å². The predicted molar refractivity (Wildman–Crippen MR) is 50.0 cm³/mol. The lowest BCUT2D eigenvalue weighted by atomic mass is 9.80. The van der Waals surface area contributed by atoms with Crippen LogP contribution in [0.4, 0.5) is 0 Å². The number of hydrogen-bond acceptors (Lipinski definition) is 1. The number of allylic oxidation sites excluding steroid dienone is 1. The summed E-state index contributed by atoms with van der Waals surface area (Å²) in [5.74, 6) is -0.560. The molecule has 2 nitrogen and oxygen atoms in total. The number of hydrogen-bond donors (Lipinski definition) is 1. The lowest BCUT2D eigenvalue weighted by molar-refractivity contribution is -0.131. The average molecular weight is 170 g/mol. The normalized spacial score (nSPS) is 13.7. The quantitative estimate of drug-likeness (QED) is 0.647. The topological polar surface area (TPSA) is 37.3 Å². The van der Waals surface area contributed by atoms with Gasteiger partial charge in [0.1, 0.15) is 0 Å². The van der Waals surface area contributed by atoms with Gasteiger partial charge in [-0.05, 0) is 11.3 Å². The van der Waals surface area contributed by atoms with Crippen LogP contribution < -0.4 is 0 Å². The molecule has 0 fully saturated rings. The van der Waals surface area contributed by atoms with Crippen molar-refractivity contribution >= 4 is 5.97 Å². The molecule has 2 heteroatoms. The van der Waals surface area contributed by atoms with Crippen molar-refractivity contribution in [3.05, 3.63) is 11.6 Å². The van der Waals surface area contributed by atoms with Gasteiger partial charge >= 0.3 is 5.97 Å². The summed E-state index contributed by atoms with van der Waals surface area (Å²) in [5, 5.41) is 8.62. The minimum atomic E-state index is -0.853. The van der Waals surface area contributed by atoms with Crippen molar-refractivity contribution in [3.8, 4) is 0 Å². The molecule has 0 aromatic rings. The Morgan fingerprint density at radius 2 is 1.75 bits per heavy atom. The smallest absolute Gasteiger partial charge is 0.328 e. The fourth-order valence-corrected chi connectivity index (χ4v) is 1.38. The second-order valence-electron chi connectivity index (χ2n) is 4.34. The van der Waals surface area contributed by atoms with Crippen LogP contribution in [0.5, 0.6) is 0 Å². The minimum absolute atomic E-state index is 0.0491. The molecule has 1 N–H and O–H groups in total. The van der Waals surface area contributed by atoms with Crippen molar-refractivity contribution in [2.75, 3.05) is 0 Å². The molecule has 12 heavy (non-hydrogen) atoms. The molecule has 0 spiro atoms. The molecule has 0 radical (unpaired) electrons. The zero-order valence-electron chi connectivity index (χ0n) is 8.51. The monoisotopic (exact) mass is 170 g/mol. The second kappa shape index (κ2) is 3.74. The van der Waals surface area contributed by atoms with Gasteiger partial charge in [-0.1, -0.05) is 40.2 Å². The summed E-state index contributed by atoms with van der Waals surface area (Å²) in [4.78, 5) is 10.5. The zero-order chi connectivity index (χ0) is 9.94. The lowest BCUT2D eigenvalue weighted by Crippen LogP contribution is -2.15. The first kappa shape index (κ1) is 11.2. The van der Waals surface area contributed by atoms with Gasteiger partial charge in [0.05, 0.1) is 0 Å². The highest BCUT2D eigenvalue weighted by Crippen LogP contribution is 2.30. The fraction of sp³-hybridized carbons (Fsp3) is 0.700. The van der Waals surface area contributed by atoms with Crippen LogP contribution in [0.15, 0.2) is 11.6 Å². The number of aliphatic carboxylic acids is 1. The summed E-state index contributed by atoms with van der Waals surface area (Å²) in [7, 11) is 0. The molecule has 0 unspecified atom stereocenters. The van der Waals surface area contributed by atoms with E-state index in [9.17, 15) is 4.79 Å². The van der Waals surface area contributed by atoms with Crippen LogP contribution in [0.1, 0.15) is 34.6 Å². The van der Waals surface area contributed by atoms with Gasteiger partial charge in [-0.3, -0.25) is 0 Å². The zero-order valence-corrected chi connectivity index (χ0v) is 8.51. The summed E-state index contributed by atoms with van der Waals surface area (Å²) >= 11 is 0. The van der Waals surface area contributed by atoms with E-state index < -0.39 is 5.97 Å². The molecule has 0 bridgehead atoms. The highest BCUT2D eigenvalue weighted by Gasteiger charge is 2.20. The first-order chi connectivity index (χ1) is 5.25. The van der Waals surface area contributed by atoms with Crippen LogP contribution in [0.25, 0.3) is 0 Å². The average Bonchev–Trinajstić information content (AvgIpc) is 1.79. The van der Waals surface area contributed by atoms with E-state index in [-0.39, 0.29) is 5.41 Å². The van der Waals surface area contributed by atoms with Gasteiger partial charge in [0.2, 0.25) is 0 Å². The highest BCUT2D eigenvalue weighted by molar-refractivity contribution is 5.81. The Labute approximate surface area is 74.3 Å². The Balaban J connectivity index is 4.80. The number of carboxylic acid groups (broad SMARTS) is 1. The van der Waals surface area contributed by atoms with Crippen molar-refractivity contribution in [1.29, 1.82) is 0 Å². The van der Waals surface area contributed by atoms with E-state index in [0.29, 0.717) is 5.92 Å². The molecule has 0 aromatic carbocycles. The summed E-state index contributed by atoms with van der Waals surface area (Å²) in [6.45, 7) is 10.1.